The summed E-state index contributed by atoms with van der Waals surface area (Å²) in [5.41, 5.74) is 1.98. The van der Waals surface area contributed by atoms with E-state index in [0.29, 0.717) is 12.1 Å². The van der Waals surface area contributed by atoms with Crippen molar-refractivity contribution in [1.82, 2.24) is 5.32 Å². The van der Waals surface area contributed by atoms with Gasteiger partial charge < -0.3 is 10.6 Å². The van der Waals surface area contributed by atoms with E-state index in [-0.39, 0.29) is 22.6 Å². The molecule has 0 radical (unpaired) electrons. The van der Waals surface area contributed by atoms with Crippen LogP contribution in [0.2, 0.25) is 0 Å². The molecular weight excluding hydrogens is 400 g/mol. The minimum absolute atomic E-state index is 0.0603. The summed E-state index contributed by atoms with van der Waals surface area (Å²) in [7, 11) is -3.36. The number of hydrogen-bond acceptors (Lipinski definition) is 4. The number of nitrogens with one attached hydrogen (secondary N) is 2. The fraction of sp³-hybridized carbons (Fsp3) is 0.391. The van der Waals surface area contributed by atoms with Gasteiger partial charge >= 0.3 is 0 Å². The second-order valence-corrected chi connectivity index (χ2v) is 10.5. The molecule has 1 aliphatic carbocycles. The van der Waals surface area contributed by atoms with E-state index < -0.39 is 15.1 Å². The molecule has 6 nitrogen and oxygen atoms in total. The van der Waals surface area contributed by atoms with Gasteiger partial charge in [0.25, 0.3) is 5.91 Å². The minimum Gasteiger partial charge on any atom is -0.348 e. The summed E-state index contributed by atoms with van der Waals surface area (Å²) < 4.78 is 24.4. The van der Waals surface area contributed by atoms with Crippen molar-refractivity contribution >= 4 is 27.3 Å². The predicted octanol–water partition coefficient (Wildman–Crippen LogP) is 3.93. The molecular formula is C23H28N2O4S. The molecule has 0 atom stereocenters. The molecule has 0 saturated heterocycles. The van der Waals surface area contributed by atoms with Gasteiger partial charge in [-0.2, -0.15) is 0 Å². The van der Waals surface area contributed by atoms with Crippen LogP contribution in [-0.2, 0) is 21.2 Å². The largest absolute Gasteiger partial charge is 0.348 e. The van der Waals surface area contributed by atoms with Gasteiger partial charge in [-0.3, -0.25) is 9.59 Å². The van der Waals surface area contributed by atoms with Crippen LogP contribution >= 0.6 is 0 Å². The van der Waals surface area contributed by atoms with Crippen molar-refractivity contribution in [2.24, 2.45) is 5.92 Å². The summed E-state index contributed by atoms with van der Waals surface area (Å²) >= 11 is 0. The fourth-order valence-electron chi connectivity index (χ4n) is 3.54. The number of carbonyl (C=O) groups excluding carboxylic acids is 2. The molecule has 1 saturated carbocycles. The van der Waals surface area contributed by atoms with Crippen molar-refractivity contribution in [3.63, 3.8) is 0 Å². The van der Waals surface area contributed by atoms with Crippen LogP contribution in [-0.4, -0.2) is 25.5 Å². The SMILES string of the molecule is CC(C)S(=O)(=O)c1ccc(C(=O)NCc2cccc(NC(=O)C3CCCC3)c2)cc1. The summed E-state index contributed by atoms with van der Waals surface area (Å²) in [5, 5.41) is 5.28. The van der Waals surface area contributed by atoms with Gasteiger partial charge in [-0.1, -0.05) is 25.0 Å². The van der Waals surface area contributed by atoms with Gasteiger partial charge in [-0.25, -0.2) is 8.42 Å². The van der Waals surface area contributed by atoms with Crippen LogP contribution in [0.1, 0.15) is 55.5 Å². The van der Waals surface area contributed by atoms with E-state index in [1.54, 1.807) is 13.8 Å². The van der Waals surface area contributed by atoms with Crippen molar-refractivity contribution in [3.8, 4) is 0 Å². The predicted molar refractivity (Wildman–Crippen MR) is 117 cm³/mol. The molecule has 2 amide bonds. The first-order valence-electron chi connectivity index (χ1n) is 10.3. The molecule has 0 aromatic heterocycles. The zero-order chi connectivity index (χ0) is 21.7. The summed E-state index contributed by atoms with van der Waals surface area (Å²) in [6.07, 6.45) is 4.10. The van der Waals surface area contributed by atoms with E-state index in [9.17, 15) is 18.0 Å². The lowest BCUT2D eigenvalue weighted by Gasteiger charge is -2.12. The van der Waals surface area contributed by atoms with Gasteiger partial charge in [0.15, 0.2) is 9.84 Å². The van der Waals surface area contributed by atoms with Gasteiger partial charge in [0.05, 0.1) is 10.1 Å². The second kappa shape index (κ2) is 9.43. The maximum absolute atomic E-state index is 12.4. The highest BCUT2D eigenvalue weighted by Gasteiger charge is 2.22. The Morgan fingerprint density at radius 1 is 1.03 bits per heavy atom. The lowest BCUT2D eigenvalue weighted by atomic mass is 10.1. The molecule has 1 fully saturated rings. The van der Waals surface area contributed by atoms with Crippen LogP contribution in [0.25, 0.3) is 0 Å². The number of hydrogen-bond donors (Lipinski definition) is 2. The Hall–Kier alpha value is -2.67. The highest BCUT2D eigenvalue weighted by molar-refractivity contribution is 7.92. The van der Waals surface area contributed by atoms with Crippen LogP contribution < -0.4 is 10.6 Å². The van der Waals surface area contributed by atoms with Gasteiger partial charge in [-0.05, 0) is 68.7 Å². The lowest BCUT2D eigenvalue weighted by molar-refractivity contribution is -0.119. The highest BCUT2D eigenvalue weighted by atomic mass is 32.2. The maximum atomic E-state index is 12.4. The first kappa shape index (κ1) is 22.0. The Kier molecular flexibility index (Phi) is 6.92. The third-order valence-corrected chi connectivity index (χ3v) is 7.61. The van der Waals surface area contributed by atoms with E-state index in [0.717, 1.165) is 36.9 Å². The van der Waals surface area contributed by atoms with Crippen LogP contribution in [0.3, 0.4) is 0 Å². The van der Waals surface area contributed by atoms with Crippen molar-refractivity contribution in [2.45, 2.75) is 56.2 Å². The van der Waals surface area contributed by atoms with Crippen LogP contribution in [0.5, 0.6) is 0 Å². The molecule has 30 heavy (non-hydrogen) atoms. The van der Waals surface area contributed by atoms with Crippen molar-refractivity contribution < 1.29 is 18.0 Å². The normalized spacial score (nSPS) is 14.6. The molecule has 7 heteroatoms. The summed E-state index contributed by atoms with van der Waals surface area (Å²) in [6.45, 7) is 3.55. The number of carbonyl (C=O) groups is 2. The number of amides is 2. The third kappa shape index (κ3) is 5.27. The molecule has 2 aromatic carbocycles. The number of sulfone groups is 1. The molecule has 160 valence electrons. The number of rotatable bonds is 7. The van der Waals surface area contributed by atoms with E-state index >= 15 is 0 Å². The molecule has 0 bridgehead atoms. The molecule has 0 unspecified atom stereocenters. The quantitative estimate of drug-likeness (QED) is 0.699. The molecule has 3 rings (SSSR count). The van der Waals surface area contributed by atoms with Crippen molar-refractivity contribution in [1.29, 1.82) is 0 Å². The standard InChI is InChI=1S/C23H28N2O4S/c1-16(2)30(28,29)21-12-10-19(11-13-21)22(26)24-15-17-6-5-9-20(14-17)25-23(27)18-7-3-4-8-18/h5-6,9-14,16,18H,3-4,7-8,15H2,1-2H3,(H,24,26)(H,25,27). The second-order valence-electron chi connectivity index (χ2n) is 7.97. The van der Waals surface area contributed by atoms with E-state index in [1.165, 1.54) is 24.3 Å². The first-order valence-corrected chi connectivity index (χ1v) is 11.8. The highest BCUT2D eigenvalue weighted by Crippen LogP contribution is 2.26. The Bertz CT molecular complexity index is 1010. The van der Waals surface area contributed by atoms with Crippen LogP contribution in [0, 0.1) is 5.92 Å². The Balaban J connectivity index is 1.59. The maximum Gasteiger partial charge on any atom is 0.251 e. The van der Waals surface area contributed by atoms with E-state index in [1.807, 2.05) is 24.3 Å². The zero-order valence-electron chi connectivity index (χ0n) is 17.4. The lowest BCUT2D eigenvalue weighted by Crippen LogP contribution is -2.23. The summed E-state index contributed by atoms with van der Waals surface area (Å²) in [5.74, 6) is -0.134. The van der Waals surface area contributed by atoms with E-state index in [2.05, 4.69) is 10.6 Å². The van der Waals surface area contributed by atoms with Gasteiger partial charge in [-0.15, -0.1) is 0 Å². The average molecular weight is 429 g/mol. The molecule has 0 heterocycles. The summed E-state index contributed by atoms with van der Waals surface area (Å²) in [4.78, 5) is 24.9. The molecule has 2 aromatic rings. The van der Waals surface area contributed by atoms with Crippen LogP contribution in [0.4, 0.5) is 5.69 Å². The van der Waals surface area contributed by atoms with Gasteiger partial charge in [0, 0.05) is 23.7 Å². The fourth-order valence-corrected chi connectivity index (χ4v) is 4.60. The van der Waals surface area contributed by atoms with Gasteiger partial charge in [0.2, 0.25) is 5.91 Å². The van der Waals surface area contributed by atoms with Crippen LogP contribution in [0.15, 0.2) is 53.4 Å². The molecule has 1 aliphatic rings. The topological polar surface area (TPSA) is 92.3 Å². The third-order valence-electron chi connectivity index (χ3n) is 5.44. The molecule has 0 spiro atoms. The molecule has 0 aliphatic heterocycles. The van der Waals surface area contributed by atoms with Crippen molar-refractivity contribution in [3.05, 3.63) is 59.7 Å². The summed E-state index contributed by atoms with van der Waals surface area (Å²) in [6, 6.07) is 13.4. The monoisotopic (exact) mass is 428 g/mol. The number of benzene rings is 2. The Morgan fingerprint density at radius 3 is 2.33 bits per heavy atom. The minimum atomic E-state index is -3.36. The molecule has 2 N–H and O–H groups in total. The smallest absolute Gasteiger partial charge is 0.251 e. The van der Waals surface area contributed by atoms with Gasteiger partial charge in [0.1, 0.15) is 0 Å². The Morgan fingerprint density at radius 2 is 1.70 bits per heavy atom. The average Bonchev–Trinajstić information content (AvgIpc) is 3.27. The first-order chi connectivity index (χ1) is 14.3. The Labute approximate surface area is 178 Å². The zero-order valence-corrected chi connectivity index (χ0v) is 18.2. The number of anilines is 1. The van der Waals surface area contributed by atoms with Crippen molar-refractivity contribution in [2.75, 3.05) is 5.32 Å². The van der Waals surface area contributed by atoms with E-state index in [4.69, 9.17) is 0 Å².